The first-order valence-corrected chi connectivity index (χ1v) is 5.10. The zero-order chi connectivity index (χ0) is 10.0. The number of hydrogen-bond donors (Lipinski definition) is 0. The van der Waals surface area contributed by atoms with Gasteiger partial charge in [0.2, 0.25) is 0 Å². The van der Waals surface area contributed by atoms with Crippen LogP contribution in [0, 0.1) is 5.92 Å². The molecule has 0 bridgehead atoms. The van der Waals surface area contributed by atoms with E-state index in [1.54, 1.807) is 0 Å². The van der Waals surface area contributed by atoms with Crippen LogP contribution in [0.2, 0.25) is 0 Å². The molecule has 0 saturated carbocycles. The van der Waals surface area contributed by atoms with E-state index in [2.05, 4.69) is 40.7 Å². The van der Waals surface area contributed by atoms with Gasteiger partial charge < -0.3 is 4.42 Å². The third-order valence-electron chi connectivity index (χ3n) is 2.76. The lowest BCUT2D eigenvalue weighted by atomic mass is 9.94. The van der Waals surface area contributed by atoms with Gasteiger partial charge in [0.1, 0.15) is 5.76 Å². The summed E-state index contributed by atoms with van der Waals surface area (Å²) in [5.41, 5.74) is 1.31. The lowest BCUT2D eigenvalue weighted by Gasteiger charge is -2.11. The minimum atomic E-state index is 0.521. The molecule has 74 valence electrons. The second-order valence-corrected chi connectivity index (χ2v) is 4.47. The van der Waals surface area contributed by atoms with Crippen LogP contribution in [0.5, 0.6) is 0 Å². The first-order valence-electron chi connectivity index (χ1n) is 5.10. The molecule has 0 aromatic carbocycles. The smallest absolute Gasteiger partial charge is 0.107 e. The van der Waals surface area contributed by atoms with Crippen LogP contribution >= 0.6 is 0 Å². The van der Waals surface area contributed by atoms with Crippen molar-refractivity contribution in [1.82, 2.24) is 0 Å². The normalized spacial score (nSPS) is 14.1. The average Bonchev–Trinajstić information content (AvgIpc) is 2.50. The second-order valence-electron chi connectivity index (χ2n) is 4.47. The summed E-state index contributed by atoms with van der Waals surface area (Å²) in [7, 11) is 0. The van der Waals surface area contributed by atoms with Crippen LogP contribution in [-0.2, 0) is 0 Å². The maximum atomic E-state index is 5.55. The fraction of sp³-hybridized carbons (Fsp3) is 0.667. The third-order valence-corrected chi connectivity index (χ3v) is 2.76. The van der Waals surface area contributed by atoms with Crippen molar-refractivity contribution in [2.45, 2.75) is 46.5 Å². The molecule has 0 unspecified atom stereocenters. The highest BCUT2D eigenvalue weighted by atomic mass is 16.3. The summed E-state index contributed by atoms with van der Waals surface area (Å²) in [6, 6.07) is 2.19. The zero-order valence-electron chi connectivity index (χ0n) is 9.29. The maximum absolute atomic E-state index is 5.55. The van der Waals surface area contributed by atoms with E-state index in [1.807, 2.05) is 6.26 Å². The van der Waals surface area contributed by atoms with Gasteiger partial charge in [0.25, 0.3) is 0 Å². The van der Waals surface area contributed by atoms with Crippen molar-refractivity contribution in [2.75, 3.05) is 0 Å². The van der Waals surface area contributed by atoms with Gasteiger partial charge in [-0.1, -0.05) is 34.6 Å². The van der Waals surface area contributed by atoms with Crippen molar-refractivity contribution in [1.29, 1.82) is 0 Å². The Morgan fingerprint density at radius 2 is 1.69 bits per heavy atom. The summed E-state index contributed by atoms with van der Waals surface area (Å²) in [5, 5.41) is 0. The van der Waals surface area contributed by atoms with Crippen LogP contribution in [0.1, 0.15) is 57.8 Å². The van der Waals surface area contributed by atoms with Crippen LogP contribution in [0.25, 0.3) is 0 Å². The zero-order valence-corrected chi connectivity index (χ0v) is 9.29. The van der Waals surface area contributed by atoms with Gasteiger partial charge in [-0.15, -0.1) is 0 Å². The molecule has 1 heteroatoms. The number of hydrogen-bond acceptors (Lipinski definition) is 1. The molecule has 0 N–H and O–H groups in total. The van der Waals surface area contributed by atoms with Crippen LogP contribution in [0.15, 0.2) is 16.7 Å². The molecular weight excluding hydrogens is 160 g/mol. The van der Waals surface area contributed by atoms with Gasteiger partial charge in [-0.05, 0) is 23.5 Å². The van der Waals surface area contributed by atoms with Crippen molar-refractivity contribution in [3.63, 3.8) is 0 Å². The summed E-state index contributed by atoms with van der Waals surface area (Å²) in [4.78, 5) is 0. The molecule has 1 atom stereocenters. The first kappa shape index (κ1) is 10.4. The van der Waals surface area contributed by atoms with E-state index in [1.165, 1.54) is 5.56 Å². The van der Waals surface area contributed by atoms with E-state index in [9.17, 15) is 0 Å². The molecule has 0 fully saturated rings. The molecule has 1 heterocycles. The predicted molar refractivity (Wildman–Crippen MR) is 56.1 cm³/mol. The predicted octanol–water partition coefficient (Wildman–Crippen LogP) is 4.16. The molecule has 0 radical (unpaired) electrons. The van der Waals surface area contributed by atoms with Crippen molar-refractivity contribution in [3.8, 4) is 0 Å². The fourth-order valence-electron chi connectivity index (χ4n) is 1.24. The van der Waals surface area contributed by atoms with Crippen molar-refractivity contribution < 1.29 is 4.42 Å². The van der Waals surface area contributed by atoms with E-state index in [4.69, 9.17) is 4.42 Å². The summed E-state index contributed by atoms with van der Waals surface area (Å²) in [6.07, 6.45) is 1.89. The van der Waals surface area contributed by atoms with E-state index >= 15 is 0 Å². The summed E-state index contributed by atoms with van der Waals surface area (Å²) in [6.45, 7) is 11.0. The monoisotopic (exact) mass is 180 g/mol. The number of furan rings is 1. The summed E-state index contributed by atoms with van der Waals surface area (Å²) < 4.78 is 5.55. The first-order chi connectivity index (χ1) is 6.02. The molecular formula is C12H20O. The van der Waals surface area contributed by atoms with Crippen LogP contribution in [0.4, 0.5) is 0 Å². The van der Waals surface area contributed by atoms with Crippen molar-refractivity contribution in [2.24, 2.45) is 5.92 Å². The lowest BCUT2D eigenvalue weighted by Crippen LogP contribution is -2.00. The Bertz CT molecular complexity index is 258. The van der Waals surface area contributed by atoms with Crippen LogP contribution in [-0.4, -0.2) is 0 Å². The second kappa shape index (κ2) is 3.99. The van der Waals surface area contributed by atoms with Gasteiger partial charge in [-0.25, -0.2) is 0 Å². The molecule has 1 rings (SSSR count). The molecule has 0 aliphatic rings. The van der Waals surface area contributed by atoms with Crippen LogP contribution < -0.4 is 0 Å². The SMILES string of the molecule is CC(C)c1coc([C@H](C)C(C)C)c1. The van der Waals surface area contributed by atoms with Crippen molar-refractivity contribution in [3.05, 3.63) is 23.7 Å². The topological polar surface area (TPSA) is 13.1 Å². The molecule has 0 aliphatic heterocycles. The minimum absolute atomic E-state index is 0.521. The Balaban J connectivity index is 2.79. The minimum Gasteiger partial charge on any atom is -0.469 e. The van der Waals surface area contributed by atoms with Crippen LogP contribution in [0.3, 0.4) is 0 Å². The standard InChI is InChI=1S/C12H20O/c1-8(2)10(5)12-6-11(7-13-12)9(3)4/h6-10H,1-5H3/t10-/m1/s1. The Hall–Kier alpha value is -0.720. The molecule has 1 aromatic heterocycles. The number of rotatable bonds is 3. The molecule has 0 saturated heterocycles. The van der Waals surface area contributed by atoms with E-state index in [0.29, 0.717) is 17.8 Å². The molecule has 0 aliphatic carbocycles. The maximum Gasteiger partial charge on any atom is 0.107 e. The van der Waals surface area contributed by atoms with Gasteiger partial charge in [-0.2, -0.15) is 0 Å². The molecule has 0 spiro atoms. The molecule has 13 heavy (non-hydrogen) atoms. The average molecular weight is 180 g/mol. The largest absolute Gasteiger partial charge is 0.469 e. The van der Waals surface area contributed by atoms with Gasteiger partial charge in [0, 0.05) is 5.92 Å². The Morgan fingerprint density at radius 3 is 2.08 bits per heavy atom. The third kappa shape index (κ3) is 2.36. The van der Waals surface area contributed by atoms with Gasteiger partial charge >= 0.3 is 0 Å². The summed E-state index contributed by atoms with van der Waals surface area (Å²) in [5.74, 6) is 2.86. The van der Waals surface area contributed by atoms with E-state index in [-0.39, 0.29) is 0 Å². The lowest BCUT2D eigenvalue weighted by molar-refractivity contribution is 0.414. The molecule has 1 aromatic rings. The fourth-order valence-corrected chi connectivity index (χ4v) is 1.24. The Labute approximate surface area is 81.1 Å². The molecule has 0 amide bonds. The highest BCUT2D eigenvalue weighted by Crippen LogP contribution is 2.27. The highest BCUT2D eigenvalue weighted by Gasteiger charge is 2.14. The van der Waals surface area contributed by atoms with Crippen molar-refractivity contribution >= 4 is 0 Å². The van der Waals surface area contributed by atoms with E-state index < -0.39 is 0 Å². The van der Waals surface area contributed by atoms with Gasteiger partial charge in [0.05, 0.1) is 6.26 Å². The quantitative estimate of drug-likeness (QED) is 0.680. The molecule has 1 nitrogen and oxygen atoms in total. The summed E-state index contributed by atoms with van der Waals surface area (Å²) >= 11 is 0. The van der Waals surface area contributed by atoms with Gasteiger partial charge in [-0.3, -0.25) is 0 Å². The van der Waals surface area contributed by atoms with E-state index in [0.717, 1.165) is 5.76 Å². The highest BCUT2D eigenvalue weighted by molar-refractivity contribution is 5.18. The Morgan fingerprint density at radius 1 is 1.08 bits per heavy atom. The Kier molecular flexibility index (Phi) is 3.18. The van der Waals surface area contributed by atoms with Gasteiger partial charge in [0.15, 0.2) is 0 Å².